The fraction of sp³-hybridized carbons (Fsp3) is 0.643. The number of halogens is 1. The zero-order valence-corrected chi connectivity index (χ0v) is 20.9. The molecule has 5 heteroatoms. The van der Waals surface area contributed by atoms with E-state index in [0.29, 0.717) is 30.3 Å². The molecule has 1 aromatic carbocycles. The first-order valence-electron chi connectivity index (χ1n) is 12.7. The molecule has 0 saturated heterocycles. The van der Waals surface area contributed by atoms with Gasteiger partial charge < -0.3 is 10.2 Å². The van der Waals surface area contributed by atoms with Crippen molar-refractivity contribution in [2.24, 2.45) is 34.5 Å². The molecule has 33 heavy (non-hydrogen) atoms. The summed E-state index contributed by atoms with van der Waals surface area (Å²) in [7, 11) is 1.97. The van der Waals surface area contributed by atoms with Crippen molar-refractivity contribution in [2.75, 3.05) is 13.6 Å². The fourth-order valence-corrected chi connectivity index (χ4v) is 8.53. The van der Waals surface area contributed by atoms with E-state index in [4.69, 9.17) is 11.6 Å². The lowest BCUT2D eigenvalue weighted by Gasteiger charge is -2.60. The van der Waals surface area contributed by atoms with Gasteiger partial charge in [-0.2, -0.15) is 0 Å². The molecule has 178 valence electrons. The minimum Gasteiger partial charge on any atom is -0.356 e. The van der Waals surface area contributed by atoms with E-state index in [1.165, 1.54) is 6.42 Å². The molecule has 5 rings (SSSR count). The lowest BCUT2D eigenvalue weighted by Crippen LogP contribution is -2.59. The quantitative estimate of drug-likeness (QED) is 0.655. The van der Waals surface area contributed by atoms with Crippen LogP contribution in [0.5, 0.6) is 0 Å². The van der Waals surface area contributed by atoms with Crippen LogP contribution in [0, 0.1) is 34.5 Å². The van der Waals surface area contributed by atoms with Gasteiger partial charge in [-0.25, -0.2) is 0 Å². The lowest BCUT2D eigenvalue weighted by molar-refractivity contribution is -0.142. The van der Waals surface area contributed by atoms with Crippen molar-refractivity contribution in [1.82, 2.24) is 10.2 Å². The van der Waals surface area contributed by atoms with Gasteiger partial charge in [-0.1, -0.05) is 43.7 Å². The highest BCUT2D eigenvalue weighted by Gasteiger charge is 2.61. The molecule has 7 atom stereocenters. The molecule has 3 fully saturated rings. The minimum absolute atomic E-state index is 0.0597. The van der Waals surface area contributed by atoms with Gasteiger partial charge in [0, 0.05) is 36.0 Å². The van der Waals surface area contributed by atoms with Gasteiger partial charge in [-0.15, -0.1) is 0 Å². The number of carbonyl (C=O) groups excluding carboxylic acids is 2. The Bertz CT molecular complexity index is 976. The normalized spacial score (nSPS) is 39.6. The summed E-state index contributed by atoms with van der Waals surface area (Å²) in [6.45, 7) is 5.43. The highest BCUT2D eigenvalue weighted by atomic mass is 35.5. The molecule has 4 nitrogen and oxygen atoms in total. The summed E-state index contributed by atoms with van der Waals surface area (Å²) in [5.41, 5.74) is 1.31. The summed E-state index contributed by atoms with van der Waals surface area (Å²) < 4.78 is 0. The summed E-state index contributed by atoms with van der Waals surface area (Å²) in [6, 6.07) is 8.20. The zero-order chi connectivity index (χ0) is 23.4. The Morgan fingerprint density at radius 2 is 1.97 bits per heavy atom. The van der Waals surface area contributed by atoms with Crippen LogP contribution in [0.1, 0.15) is 57.9 Å². The monoisotopic (exact) mass is 468 g/mol. The van der Waals surface area contributed by atoms with Gasteiger partial charge in [0.2, 0.25) is 11.8 Å². The van der Waals surface area contributed by atoms with E-state index in [2.05, 4.69) is 31.3 Å². The molecular weight excluding hydrogens is 432 g/mol. The van der Waals surface area contributed by atoms with Gasteiger partial charge in [0.25, 0.3) is 0 Å². The molecule has 3 aliphatic carbocycles. The topological polar surface area (TPSA) is 49.4 Å². The van der Waals surface area contributed by atoms with Crippen LogP contribution in [0.3, 0.4) is 0 Å². The van der Waals surface area contributed by atoms with Crippen molar-refractivity contribution in [1.29, 1.82) is 0 Å². The van der Waals surface area contributed by atoms with Crippen molar-refractivity contribution in [3.05, 3.63) is 47.0 Å². The molecule has 1 aromatic rings. The van der Waals surface area contributed by atoms with E-state index >= 15 is 0 Å². The van der Waals surface area contributed by atoms with Gasteiger partial charge in [-0.05, 0) is 91.9 Å². The van der Waals surface area contributed by atoms with Crippen LogP contribution in [0.25, 0.3) is 0 Å². The zero-order valence-electron chi connectivity index (χ0n) is 20.1. The van der Waals surface area contributed by atoms with Crippen molar-refractivity contribution >= 4 is 23.4 Å². The predicted octanol–water partition coefficient (Wildman–Crippen LogP) is 5.25. The van der Waals surface area contributed by atoms with Gasteiger partial charge in [0.15, 0.2) is 0 Å². The average molecular weight is 469 g/mol. The Kier molecular flexibility index (Phi) is 5.87. The number of benzene rings is 1. The van der Waals surface area contributed by atoms with Gasteiger partial charge >= 0.3 is 0 Å². The maximum Gasteiger partial charge on any atom is 0.246 e. The Balaban J connectivity index is 1.27. The molecule has 3 saturated carbocycles. The third-order valence-corrected chi connectivity index (χ3v) is 10.3. The summed E-state index contributed by atoms with van der Waals surface area (Å²) in [6.07, 6.45) is 11.5. The molecule has 1 N–H and O–H groups in total. The van der Waals surface area contributed by atoms with E-state index in [1.54, 1.807) is 6.08 Å². The Morgan fingerprint density at radius 1 is 1.15 bits per heavy atom. The first-order chi connectivity index (χ1) is 15.7. The van der Waals surface area contributed by atoms with E-state index < -0.39 is 0 Å². The number of carbonyl (C=O) groups is 2. The second-order valence-electron chi connectivity index (χ2n) is 11.5. The molecule has 1 aliphatic heterocycles. The summed E-state index contributed by atoms with van der Waals surface area (Å²) in [4.78, 5) is 27.6. The van der Waals surface area contributed by atoms with Crippen LogP contribution >= 0.6 is 11.6 Å². The van der Waals surface area contributed by atoms with Crippen molar-refractivity contribution in [3.8, 4) is 0 Å². The second kappa shape index (κ2) is 8.45. The highest BCUT2D eigenvalue weighted by molar-refractivity contribution is 6.30. The SMILES string of the molecule is CN1C(=O)C=C[C@]2(C)[C@H]3CC[C@]4(C)[C@@H](C(=O)NCCc5cccc(Cl)c5)CC[C@H]4[C@@H]3CC[C@@H]12. The fourth-order valence-electron chi connectivity index (χ4n) is 8.31. The molecule has 0 bridgehead atoms. The van der Waals surface area contributed by atoms with Crippen molar-refractivity contribution in [2.45, 2.75) is 64.8 Å². The lowest BCUT2D eigenvalue weighted by atomic mass is 9.47. The molecular formula is C28H37ClN2O2. The van der Waals surface area contributed by atoms with Crippen molar-refractivity contribution < 1.29 is 9.59 Å². The maximum absolute atomic E-state index is 13.3. The van der Waals surface area contributed by atoms with Crippen LogP contribution in [-0.4, -0.2) is 36.3 Å². The molecule has 0 aromatic heterocycles. The first kappa shape index (κ1) is 23.0. The standard InChI is InChI=1S/C28H37ClN2O2/c1-27-14-11-22-20(7-10-24-28(22,2)15-12-25(32)31(24)3)21(27)8-9-23(27)26(33)30-16-13-18-5-4-6-19(29)17-18/h4-6,12,15,17,20-24H,7-11,13-14,16H2,1-3H3,(H,30,33)/t20-,21-,22-,23+,24+,27-,28+/m0/s1. The van der Waals surface area contributed by atoms with E-state index in [-0.39, 0.29) is 28.6 Å². The van der Waals surface area contributed by atoms with Gasteiger partial charge in [0.1, 0.15) is 0 Å². The number of amides is 2. The largest absolute Gasteiger partial charge is 0.356 e. The average Bonchev–Trinajstić information content (AvgIpc) is 3.14. The summed E-state index contributed by atoms with van der Waals surface area (Å²) >= 11 is 6.10. The van der Waals surface area contributed by atoms with Crippen molar-refractivity contribution in [3.63, 3.8) is 0 Å². The molecule has 0 unspecified atom stereocenters. The smallest absolute Gasteiger partial charge is 0.246 e. The molecule has 1 heterocycles. The van der Waals surface area contributed by atoms with Gasteiger partial charge in [0.05, 0.1) is 0 Å². The van der Waals surface area contributed by atoms with E-state index in [9.17, 15) is 9.59 Å². The van der Waals surface area contributed by atoms with Crippen LogP contribution < -0.4 is 5.32 Å². The first-order valence-corrected chi connectivity index (χ1v) is 13.1. The number of nitrogens with one attached hydrogen (secondary N) is 1. The van der Waals surface area contributed by atoms with Crippen LogP contribution in [0.15, 0.2) is 36.4 Å². The predicted molar refractivity (Wildman–Crippen MR) is 132 cm³/mol. The van der Waals surface area contributed by atoms with E-state index in [0.717, 1.165) is 49.1 Å². The maximum atomic E-state index is 13.3. The van der Waals surface area contributed by atoms with Crippen LogP contribution in [0.4, 0.5) is 0 Å². The molecule has 0 radical (unpaired) electrons. The number of hydrogen-bond acceptors (Lipinski definition) is 2. The number of rotatable bonds is 4. The Labute approximate surface area is 203 Å². The second-order valence-corrected chi connectivity index (χ2v) is 11.9. The third-order valence-electron chi connectivity index (χ3n) is 10.0. The van der Waals surface area contributed by atoms with Gasteiger partial charge in [-0.3, -0.25) is 9.59 Å². The van der Waals surface area contributed by atoms with Crippen LogP contribution in [0.2, 0.25) is 5.02 Å². The molecule has 2 amide bonds. The number of nitrogens with zero attached hydrogens (tertiary/aromatic N) is 1. The minimum atomic E-state index is 0.0597. The number of hydrogen-bond donors (Lipinski definition) is 1. The summed E-state index contributed by atoms with van der Waals surface area (Å²) in [5, 5.41) is 3.99. The summed E-state index contributed by atoms with van der Waals surface area (Å²) in [5.74, 6) is 2.36. The Hall–Kier alpha value is -1.81. The number of likely N-dealkylation sites (N-methyl/N-ethyl adjacent to an activating group) is 1. The number of fused-ring (bicyclic) bond motifs is 5. The van der Waals surface area contributed by atoms with Crippen LogP contribution in [-0.2, 0) is 16.0 Å². The van der Waals surface area contributed by atoms with E-state index in [1.807, 2.05) is 30.1 Å². The highest BCUT2D eigenvalue weighted by Crippen LogP contribution is 2.65. The third kappa shape index (κ3) is 3.73. The molecule has 0 spiro atoms. The Morgan fingerprint density at radius 3 is 2.76 bits per heavy atom. The molecule has 4 aliphatic rings.